The van der Waals surface area contributed by atoms with E-state index in [-0.39, 0.29) is 22.6 Å². The van der Waals surface area contributed by atoms with Gasteiger partial charge in [-0.2, -0.15) is 0 Å². The van der Waals surface area contributed by atoms with Crippen LogP contribution in [0.15, 0.2) is 36.4 Å². The van der Waals surface area contributed by atoms with Crippen LogP contribution >= 0.6 is 0 Å². The minimum atomic E-state index is -0.864. The molecule has 2 aromatic rings. The maximum atomic E-state index is 13.7. The third-order valence-corrected chi connectivity index (χ3v) is 3.32. The van der Waals surface area contributed by atoms with Gasteiger partial charge in [-0.15, -0.1) is 0 Å². The van der Waals surface area contributed by atoms with Crippen molar-refractivity contribution in [3.05, 3.63) is 63.5 Å². The van der Waals surface area contributed by atoms with E-state index in [2.05, 4.69) is 15.4 Å². The van der Waals surface area contributed by atoms with E-state index in [1.165, 1.54) is 24.3 Å². The summed E-state index contributed by atoms with van der Waals surface area (Å²) >= 11 is 0. The number of halogens is 1. The molecular weight excluding hydrogens is 333 g/mol. The molecule has 0 aromatic heterocycles. The van der Waals surface area contributed by atoms with Crippen LogP contribution in [0.25, 0.3) is 0 Å². The number of rotatable bonds is 4. The van der Waals surface area contributed by atoms with E-state index in [0.717, 1.165) is 19.2 Å². The van der Waals surface area contributed by atoms with Crippen molar-refractivity contribution in [2.75, 3.05) is 17.7 Å². The fourth-order valence-corrected chi connectivity index (χ4v) is 2.03. The van der Waals surface area contributed by atoms with Gasteiger partial charge in [0.25, 0.3) is 11.6 Å². The summed E-state index contributed by atoms with van der Waals surface area (Å²) in [6.07, 6.45) is -0.864. The fourth-order valence-electron chi connectivity index (χ4n) is 2.03. The number of carbonyl (C=O) groups is 2. The lowest BCUT2D eigenvalue weighted by Crippen LogP contribution is -2.15. The SMILES string of the molecule is COC(=O)Nc1cc(NC(=O)c2cc([N+](=O)[O-])ccc2C)ccc1F. The summed E-state index contributed by atoms with van der Waals surface area (Å²) < 4.78 is 18.1. The summed E-state index contributed by atoms with van der Waals surface area (Å²) in [6.45, 7) is 1.63. The van der Waals surface area contributed by atoms with E-state index in [0.29, 0.717) is 5.56 Å². The van der Waals surface area contributed by atoms with Crippen LogP contribution in [0.4, 0.5) is 26.2 Å². The lowest BCUT2D eigenvalue weighted by atomic mass is 10.1. The molecule has 130 valence electrons. The van der Waals surface area contributed by atoms with Crippen molar-refractivity contribution >= 4 is 29.1 Å². The summed E-state index contributed by atoms with van der Waals surface area (Å²) in [6, 6.07) is 7.46. The molecule has 0 bridgehead atoms. The van der Waals surface area contributed by atoms with Crippen molar-refractivity contribution in [1.82, 2.24) is 0 Å². The average molecular weight is 347 g/mol. The highest BCUT2D eigenvalue weighted by atomic mass is 19.1. The van der Waals surface area contributed by atoms with Gasteiger partial charge < -0.3 is 10.1 Å². The van der Waals surface area contributed by atoms with Crippen LogP contribution in [0.3, 0.4) is 0 Å². The predicted octanol–water partition coefficient (Wildman–Crippen LogP) is 3.47. The highest BCUT2D eigenvalue weighted by Gasteiger charge is 2.16. The maximum Gasteiger partial charge on any atom is 0.411 e. The number of hydrogen-bond acceptors (Lipinski definition) is 5. The quantitative estimate of drug-likeness (QED) is 0.650. The molecule has 2 rings (SSSR count). The molecule has 0 aliphatic rings. The van der Waals surface area contributed by atoms with Crippen LogP contribution in [0.2, 0.25) is 0 Å². The molecule has 0 heterocycles. The first-order valence-corrected chi connectivity index (χ1v) is 7.02. The minimum Gasteiger partial charge on any atom is -0.453 e. The predicted molar refractivity (Wildman–Crippen MR) is 88.2 cm³/mol. The second-order valence-corrected chi connectivity index (χ2v) is 5.02. The fraction of sp³-hybridized carbons (Fsp3) is 0.125. The standard InChI is InChI=1S/C16H14FN3O5/c1-9-3-5-11(20(23)24)8-12(9)15(21)18-10-4-6-13(17)14(7-10)19-16(22)25-2/h3-8H,1-2H3,(H,18,21)(H,19,22). The summed E-state index contributed by atoms with van der Waals surface area (Å²) in [5.74, 6) is -1.31. The molecule has 2 N–H and O–H groups in total. The van der Waals surface area contributed by atoms with E-state index in [1.54, 1.807) is 6.92 Å². The van der Waals surface area contributed by atoms with Gasteiger partial charge in [0.15, 0.2) is 0 Å². The summed E-state index contributed by atoms with van der Waals surface area (Å²) in [5, 5.41) is 15.5. The highest BCUT2D eigenvalue weighted by molar-refractivity contribution is 6.06. The Morgan fingerprint density at radius 1 is 1.16 bits per heavy atom. The molecule has 0 spiro atoms. The number of methoxy groups -OCH3 is 1. The first-order chi connectivity index (χ1) is 11.8. The van der Waals surface area contributed by atoms with Gasteiger partial charge in [0.2, 0.25) is 0 Å². The first kappa shape index (κ1) is 17.9. The Labute approximate surface area is 141 Å². The average Bonchev–Trinajstić information content (AvgIpc) is 2.57. The molecule has 8 nitrogen and oxygen atoms in total. The number of hydrogen-bond donors (Lipinski definition) is 2. The monoisotopic (exact) mass is 347 g/mol. The Kier molecular flexibility index (Phi) is 5.28. The van der Waals surface area contributed by atoms with Crippen molar-refractivity contribution in [3.63, 3.8) is 0 Å². The summed E-state index contributed by atoms with van der Waals surface area (Å²) in [4.78, 5) is 33.8. The van der Waals surface area contributed by atoms with Crippen molar-refractivity contribution in [3.8, 4) is 0 Å². The van der Waals surface area contributed by atoms with E-state index < -0.39 is 22.7 Å². The van der Waals surface area contributed by atoms with Crippen LogP contribution in [-0.4, -0.2) is 24.0 Å². The van der Waals surface area contributed by atoms with Crippen molar-refractivity contribution in [2.45, 2.75) is 6.92 Å². The number of nitrogens with one attached hydrogen (secondary N) is 2. The summed E-state index contributed by atoms with van der Waals surface area (Å²) in [5.41, 5.74) is 0.450. The molecular formula is C16H14FN3O5. The van der Waals surface area contributed by atoms with Gasteiger partial charge in [-0.25, -0.2) is 9.18 Å². The minimum absolute atomic E-state index is 0.112. The largest absolute Gasteiger partial charge is 0.453 e. The van der Waals surface area contributed by atoms with Crippen molar-refractivity contribution in [2.24, 2.45) is 0 Å². The smallest absolute Gasteiger partial charge is 0.411 e. The number of carbonyl (C=O) groups excluding carboxylic acids is 2. The summed E-state index contributed by atoms with van der Waals surface area (Å²) in [7, 11) is 1.13. The number of amides is 2. The lowest BCUT2D eigenvalue weighted by Gasteiger charge is -2.10. The van der Waals surface area contributed by atoms with Gasteiger partial charge in [0.1, 0.15) is 5.82 Å². The van der Waals surface area contributed by atoms with E-state index >= 15 is 0 Å². The van der Waals surface area contributed by atoms with Crippen LogP contribution in [0.1, 0.15) is 15.9 Å². The Morgan fingerprint density at radius 2 is 1.88 bits per heavy atom. The van der Waals surface area contributed by atoms with Gasteiger partial charge in [-0.05, 0) is 30.7 Å². The van der Waals surface area contributed by atoms with Gasteiger partial charge in [0, 0.05) is 23.4 Å². The lowest BCUT2D eigenvalue weighted by molar-refractivity contribution is -0.384. The molecule has 0 saturated carbocycles. The van der Waals surface area contributed by atoms with Crippen molar-refractivity contribution < 1.29 is 23.6 Å². The number of anilines is 2. The first-order valence-electron chi connectivity index (χ1n) is 7.02. The normalized spacial score (nSPS) is 10.0. The Balaban J connectivity index is 2.26. The van der Waals surface area contributed by atoms with Gasteiger partial charge >= 0.3 is 6.09 Å². The molecule has 0 aliphatic carbocycles. The number of nitro groups is 1. The van der Waals surface area contributed by atoms with Crippen LogP contribution in [0, 0.1) is 22.9 Å². The van der Waals surface area contributed by atoms with Crippen molar-refractivity contribution in [1.29, 1.82) is 0 Å². The molecule has 2 amide bonds. The maximum absolute atomic E-state index is 13.7. The molecule has 9 heteroatoms. The molecule has 25 heavy (non-hydrogen) atoms. The van der Waals surface area contributed by atoms with Crippen LogP contribution in [-0.2, 0) is 4.74 Å². The number of non-ortho nitro benzene ring substituents is 1. The molecule has 0 saturated heterocycles. The Morgan fingerprint density at radius 3 is 2.52 bits per heavy atom. The second kappa shape index (κ2) is 7.39. The number of ether oxygens (including phenoxy) is 1. The molecule has 0 unspecified atom stereocenters. The van der Waals surface area contributed by atoms with Gasteiger partial charge in [-0.3, -0.25) is 20.2 Å². The Bertz CT molecular complexity index is 854. The number of nitrogens with zero attached hydrogens (tertiary/aromatic N) is 1. The second-order valence-electron chi connectivity index (χ2n) is 5.02. The molecule has 0 aliphatic heterocycles. The zero-order valence-electron chi connectivity index (χ0n) is 13.3. The molecule has 2 aromatic carbocycles. The van der Waals surface area contributed by atoms with Gasteiger partial charge in [-0.1, -0.05) is 6.07 Å². The van der Waals surface area contributed by atoms with Crippen LogP contribution in [0.5, 0.6) is 0 Å². The number of benzene rings is 2. The Hall–Kier alpha value is -3.49. The van der Waals surface area contributed by atoms with E-state index in [4.69, 9.17) is 0 Å². The topological polar surface area (TPSA) is 111 Å². The zero-order valence-corrected chi connectivity index (χ0v) is 13.3. The number of aryl methyl sites for hydroxylation is 1. The number of nitro benzene ring substituents is 1. The van der Waals surface area contributed by atoms with Crippen LogP contribution < -0.4 is 10.6 Å². The van der Waals surface area contributed by atoms with Gasteiger partial charge in [0.05, 0.1) is 17.7 Å². The zero-order chi connectivity index (χ0) is 18.6. The highest BCUT2D eigenvalue weighted by Crippen LogP contribution is 2.22. The van der Waals surface area contributed by atoms with E-state index in [1.807, 2.05) is 0 Å². The molecule has 0 fully saturated rings. The third-order valence-electron chi connectivity index (χ3n) is 3.32. The van der Waals surface area contributed by atoms with E-state index in [9.17, 15) is 24.1 Å². The molecule has 0 radical (unpaired) electrons. The third kappa shape index (κ3) is 4.28. The molecule has 0 atom stereocenters.